The van der Waals surface area contributed by atoms with Gasteiger partial charge in [-0.2, -0.15) is 0 Å². The Bertz CT molecular complexity index is 2830. The van der Waals surface area contributed by atoms with E-state index in [9.17, 15) is 5.11 Å². The molecule has 0 unspecified atom stereocenters. The first-order valence-corrected chi connectivity index (χ1v) is 19.6. The second-order valence-corrected chi connectivity index (χ2v) is 15.2. The zero-order chi connectivity index (χ0) is 39.0. The standard InChI is InChI=1S/C55H43NO/c1-35-21-25-40(26-22-35)50-32-46(52-37(3)29-45(30-38(52)4)39-13-6-5-7-14-39)33-51(41-27-23-36(2)24-28-41)54(50)56-34-44-17-12-20-49(55(44)57)53-47-18-10-8-15-42(47)31-43-16-9-11-19-48(43)53/h5-34,57H,1-4H3/p-1. The summed E-state index contributed by atoms with van der Waals surface area (Å²) in [5.74, 6) is -0.0436. The summed E-state index contributed by atoms with van der Waals surface area (Å²) in [6.45, 7) is 8.64. The van der Waals surface area contributed by atoms with E-state index in [2.05, 4.69) is 161 Å². The summed E-state index contributed by atoms with van der Waals surface area (Å²) in [7, 11) is 0. The van der Waals surface area contributed by atoms with Gasteiger partial charge in [-0.05, 0) is 129 Å². The summed E-state index contributed by atoms with van der Waals surface area (Å²) < 4.78 is 0. The Morgan fingerprint density at radius 2 is 0.930 bits per heavy atom. The van der Waals surface area contributed by atoms with Gasteiger partial charge in [0.1, 0.15) is 0 Å². The molecule has 0 saturated heterocycles. The molecule has 2 heteroatoms. The van der Waals surface area contributed by atoms with E-state index >= 15 is 0 Å². The van der Waals surface area contributed by atoms with Crippen LogP contribution in [0, 0.1) is 27.7 Å². The normalized spacial score (nSPS) is 11.5. The lowest BCUT2D eigenvalue weighted by atomic mass is 9.86. The summed E-state index contributed by atoms with van der Waals surface area (Å²) in [5.41, 5.74) is 16.7. The molecule has 0 aliphatic rings. The highest BCUT2D eigenvalue weighted by atomic mass is 16.3. The fourth-order valence-electron chi connectivity index (χ4n) is 8.33. The summed E-state index contributed by atoms with van der Waals surface area (Å²) >= 11 is 0. The van der Waals surface area contributed by atoms with E-state index in [4.69, 9.17) is 4.99 Å². The number of fused-ring (bicyclic) bond motifs is 2. The van der Waals surface area contributed by atoms with Crippen molar-refractivity contribution < 1.29 is 5.11 Å². The summed E-state index contributed by atoms with van der Waals surface area (Å²) in [5, 5.41) is 18.9. The lowest BCUT2D eigenvalue weighted by molar-refractivity contribution is -0.267. The van der Waals surface area contributed by atoms with Crippen molar-refractivity contribution >= 4 is 33.4 Å². The Morgan fingerprint density at radius 3 is 1.49 bits per heavy atom. The van der Waals surface area contributed by atoms with Crippen molar-refractivity contribution in [3.63, 3.8) is 0 Å². The van der Waals surface area contributed by atoms with Crippen LogP contribution in [0.1, 0.15) is 27.8 Å². The Kier molecular flexibility index (Phi) is 9.32. The Morgan fingerprint density at radius 1 is 0.404 bits per heavy atom. The molecule has 0 N–H and O–H groups in total. The van der Waals surface area contributed by atoms with Crippen molar-refractivity contribution in [2.24, 2.45) is 4.99 Å². The minimum atomic E-state index is -0.0436. The molecule has 0 saturated carbocycles. The van der Waals surface area contributed by atoms with Crippen LogP contribution in [0.3, 0.4) is 0 Å². The number of nitrogens with zero attached hydrogens (tertiary/aromatic N) is 1. The van der Waals surface area contributed by atoms with Crippen LogP contribution in [0.25, 0.3) is 77.2 Å². The summed E-state index contributed by atoms with van der Waals surface area (Å²) in [6.07, 6.45) is 1.77. The monoisotopic (exact) mass is 732 g/mol. The number of aryl methyl sites for hydroxylation is 4. The van der Waals surface area contributed by atoms with Crippen molar-refractivity contribution in [2.75, 3.05) is 0 Å². The fraction of sp³-hybridized carbons (Fsp3) is 0.0727. The highest BCUT2D eigenvalue weighted by Crippen LogP contribution is 2.45. The molecule has 0 atom stereocenters. The maximum atomic E-state index is 14.6. The second-order valence-electron chi connectivity index (χ2n) is 15.2. The SMILES string of the molecule is Cc1ccc(-c2cc(-c3c(C)cc(-c4ccccc4)cc3C)cc(-c3ccc(C)cc3)c2N=Cc2cccc(-c3c4ccccc4cc4ccccc34)c2[O-])cc1. The molecule has 9 aromatic rings. The molecule has 0 aliphatic carbocycles. The maximum Gasteiger partial charge on any atom is 0.0786 e. The molecule has 9 rings (SSSR count). The van der Waals surface area contributed by atoms with E-state index in [0.29, 0.717) is 11.1 Å². The highest BCUT2D eigenvalue weighted by molar-refractivity contribution is 6.14. The Hall–Kier alpha value is -7.03. The van der Waals surface area contributed by atoms with Crippen LogP contribution in [-0.2, 0) is 0 Å². The van der Waals surface area contributed by atoms with Gasteiger partial charge in [-0.3, -0.25) is 4.99 Å². The third-order valence-corrected chi connectivity index (χ3v) is 11.2. The van der Waals surface area contributed by atoms with E-state index < -0.39 is 0 Å². The Balaban J connectivity index is 1.25. The van der Waals surface area contributed by atoms with Crippen LogP contribution in [0.4, 0.5) is 5.69 Å². The smallest absolute Gasteiger partial charge is 0.0786 e. The predicted octanol–water partition coefficient (Wildman–Crippen LogP) is 14.4. The van der Waals surface area contributed by atoms with Crippen molar-refractivity contribution in [2.45, 2.75) is 27.7 Å². The topological polar surface area (TPSA) is 35.4 Å². The molecule has 0 heterocycles. The van der Waals surface area contributed by atoms with Gasteiger partial charge in [0.15, 0.2) is 0 Å². The number of rotatable bonds is 7. The molecular weight excluding hydrogens is 691 g/mol. The first-order chi connectivity index (χ1) is 27.8. The van der Waals surface area contributed by atoms with Gasteiger partial charge in [0, 0.05) is 17.3 Å². The van der Waals surface area contributed by atoms with Gasteiger partial charge in [-0.25, -0.2) is 0 Å². The summed E-state index contributed by atoms with van der Waals surface area (Å²) in [6, 6.07) is 61.7. The molecule has 0 amide bonds. The van der Waals surface area contributed by atoms with Gasteiger partial charge in [0.25, 0.3) is 0 Å². The van der Waals surface area contributed by atoms with Crippen molar-refractivity contribution in [1.29, 1.82) is 0 Å². The van der Waals surface area contributed by atoms with Crippen LogP contribution in [0.2, 0.25) is 0 Å². The van der Waals surface area contributed by atoms with Crippen molar-refractivity contribution in [3.8, 4) is 61.4 Å². The van der Waals surface area contributed by atoms with Crippen molar-refractivity contribution in [3.05, 3.63) is 204 Å². The third-order valence-electron chi connectivity index (χ3n) is 11.2. The largest absolute Gasteiger partial charge is 0.872 e. The van der Waals surface area contributed by atoms with Crippen LogP contribution in [-0.4, -0.2) is 6.21 Å². The van der Waals surface area contributed by atoms with Crippen LogP contribution < -0.4 is 5.11 Å². The molecular formula is C55H42NO-. The number of para-hydroxylation sites is 1. The van der Waals surface area contributed by atoms with Gasteiger partial charge in [0.2, 0.25) is 0 Å². The van der Waals surface area contributed by atoms with E-state index in [0.717, 1.165) is 60.6 Å². The molecule has 2 nitrogen and oxygen atoms in total. The number of benzene rings is 9. The lowest BCUT2D eigenvalue weighted by Gasteiger charge is -2.21. The average Bonchev–Trinajstić information content (AvgIpc) is 3.23. The van der Waals surface area contributed by atoms with E-state index in [-0.39, 0.29) is 5.75 Å². The zero-order valence-electron chi connectivity index (χ0n) is 32.7. The van der Waals surface area contributed by atoms with E-state index in [1.807, 2.05) is 42.5 Å². The molecule has 0 spiro atoms. The average molecular weight is 733 g/mol. The van der Waals surface area contributed by atoms with Gasteiger partial charge in [-0.1, -0.05) is 175 Å². The number of aliphatic imine (C=N–C) groups is 1. The lowest BCUT2D eigenvalue weighted by Crippen LogP contribution is -2.00. The van der Waals surface area contributed by atoms with Gasteiger partial charge >= 0.3 is 0 Å². The van der Waals surface area contributed by atoms with Gasteiger partial charge in [-0.15, -0.1) is 0 Å². The molecule has 0 aliphatic heterocycles. The minimum absolute atomic E-state index is 0.0436. The number of hydrogen-bond donors (Lipinski definition) is 0. The van der Waals surface area contributed by atoms with E-state index in [1.54, 1.807) is 6.21 Å². The second kappa shape index (κ2) is 14.9. The molecule has 0 fully saturated rings. The highest BCUT2D eigenvalue weighted by Gasteiger charge is 2.18. The quantitative estimate of drug-likeness (QED) is 0.119. The minimum Gasteiger partial charge on any atom is -0.872 e. The molecule has 0 radical (unpaired) electrons. The van der Waals surface area contributed by atoms with E-state index in [1.165, 1.54) is 38.9 Å². The summed E-state index contributed by atoms with van der Waals surface area (Å²) in [4.78, 5) is 5.30. The molecule has 0 bridgehead atoms. The van der Waals surface area contributed by atoms with Crippen LogP contribution >= 0.6 is 0 Å². The first-order valence-electron chi connectivity index (χ1n) is 19.6. The first kappa shape index (κ1) is 35.7. The third kappa shape index (κ3) is 6.81. The van der Waals surface area contributed by atoms with Crippen LogP contribution in [0.15, 0.2) is 181 Å². The molecule has 274 valence electrons. The maximum absolute atomic E-state index is 14.6. The van der Waals surface area contributed by atoms with Gasteiger partial charge < -0.3 is 5.11 Å². The zero-order valence-corrected chi connectivity index (χ0v) is 32.7. The molecule has 57 heavy (non-hydrogen) atoms. The fourth-order valence-corrected chi connectivity index (χ4v) is 8.33. The Labute approximate surface area is 335 Å². The van der Waals surface area contributed by atoms with Crippen molar-refractivity contribution in [1.82, 2.24) is 0 Å². The number of hydrogen-bond acceptors (Lipinski definition) is 2. The molecule has 9 aromatic carbocycles. The molecule has 0 aromatic heterocycles. The predicted molar refractivity (Wildman–Crippen MR) is 241 cm³/mol. The van der Waals surface area contributed by atoms with Gasteiger partial charge in [0.05, 0.1) is 5.69 Å². The van der Waals surface area contributed by atoms with Crippen LogP contribution in [0.5, 0.6) is 5.75 Å².